The minimum atomic E-state index is -3.46. The number of hydrogen-bond acceptors (Lipinski definition) is 6. The number of phenols is 1. The van der Waals surface area contributed by atoms with Crippen molar-refractivity contribution >= 4 is 27.3 Å². The molecule has 0 bridgehead atoms. The average molecular weight is 461 g/mol. The largest absolute Gasteiger partial charge is 0.506 e. The lowest BCUT2D eigenvalue weighted by Gasteiger charge is -2.31. The molecule has 2 amide bonds. The van der Waals surface area contributed by atoms with Crippen molar-refractivity contribution in [3.63, 3.8) is 0 Å². The van der Waals surface area contributed by atoms with E-state index in [0.717, 1.165) is 5.75 Å². The average Bonchev–Trinajstić information content (AvgIpc) is 2.81. The number of carbonyl (C=O) groups excluding carboxylic acids is 2. The standard InChI is InChI=1S/C23H28N2O6S/c1-2-32(29,30)19-8-9-21(26)20(16-19)24-23(28)17-10-13-25(14-11-17)22(27)12-15-31-18-6-4-3-5-7-18/h3-9,16-17,26H,2,10-15H2,1H3,(H,24,28). The Morgan fingerprint density at radius 2 is 1.81 bits per heavy atom. The van der Waals surface area contributed by atoms with Gasteiger partial charge in [0.2, 0.25) is 11.8 Å². The summed E-state index contributed by atoms with van der Waals surface area (Å²) >= 11 is 0. The van der Waals surface area contributed by atoms with Gasteiger partial charge in [0.1, 0.15) is 11.5 Å². The molecule has 1 heterocycles. The number of carbonyl (C=O) groups is 2. The highest BCUT2D eigenvalue weighted by Crippen LogP contribution is 2.28. The summed E-state index contributed by atoms with van der Waals surface area (Å²) in [7, 11) is -3.46. The number of benzene rings is 2. The lowest BCUT2D eigenvalue weighted by atomic mass is 9.95. The number of ether oxygens (including phenoxy) is 1. The zero-order valence-corrected chi connectivity index (χ0v) is 18.8. The normalized spacial score (nSPS) is 14.7. The number of anilines is 1. The second-order valence-electron chi connectivity index (χ2n) is 7.64. The third kappa shape index (κ3) is 6.00. The number of nitrogens with one attached hydrogen (secondary N) is 1. The molecule has 1 saturated heterocycles. The van der Waals surface area contributed by atoms with E-state index < -0.39 is 9.84 Å². The molecule has 1 fully saturated rings. The van der Waals surface area contributed by atoms with E-state index in [9.17, 15) is 23.1 Å². The molecule has 2 aromatic rings. The molecule has 3 rings (SSSR count). The summed E-state index contributed by atoms with van der Waals surface area (Å²) in [5.74, 6) is -0.200. The predicted molar refractivity (Wildman–Crippen MR) is 120 cm³/mol. The molecule has 0 spiro atoms. The first-order chi connectivity index (χ1) is 15.3. The van der Waals surface area contributed by atoms with Gasteiger partial charge in [-0.05, 0) is 43.2 Å². The summed E-state index contributed by atoms with van der Waals surface area (Å²) in [6.07, 6.45) is 1.24. The topological polar surface area (TPSA) is 113 Å². The molecule has 0 aliphatic carbocycles. The second kappa shape index (κ2) is 10.5. The maximum Gasteiger partial charge on any atom is 0.227 e. The molecule has 2 aromatic carbocycles. The van der Waals surface area contributed by atoms with Crippen LogP contribution in [-0.4, -0.2) is 55.7 Å². The summed E-state index contributed by atoms with van der Waals surface area (Å²) in [6.45, 7) is 2.74. The summed E-state index contributed by atoms with van der Waals surface area (Å²) in [6, 6.07) is 13.1. The SMILES string of the molecule is CCS(=O)(=O)c1ccc(O)c(NC(=O)C2CCN(C(=O)CCOc3ccccc3)CC2)c1. The monoisotopic (exact) mass is 460 g/mol. The van der Waals surface area contributed by atoms with Crippen LogP contribution in [0, 0.1) is 5.92 Å². The lowest BCUT2D eigenvalue weighted by Crippen LogP contribution is -2.41. The molecule has 1 aliphatic heterocycles. The van der Waals surface area contributed by atoms with Crippen molar-refractivity contribution < 1.29 is 27.9 Å². The lowest BCUT2D eigenvalue weighted by molar-refractivity contribution is -0.135. The van der Waals surface area contributed by atoms with Crippen LogP contribution >= 0.6 is 0 Å². The zero-order valence-electron chi connectivity index (χ0n) is 18.0. The van der Waals surface area contributed by atoms with Gasteiger partial charge in [0.25, 0.3) is 0 Å². The molecule has 2 N–H and O–H groups in total. The molecule has 32 heavy (non-hydrogen) atoms. The Balaban J connectivity index is 1.49. The van der Waals surface area contributed by atoms with Gasteiger partial charge in [-0.1, -0.05) is 25.1 Å². The molecular formula is C23H28N2O6S. The van der Waals surface area contributed by atoms with Crippen molar-refractivity contribution in [2.24, 2.45) is 5.92 Å². The Bertz CT molecular complexity index is 1050. The van der Waals surface area contributed by atoms with E-state index in [1.807, 2.05) is 30.3 Å². The molecule has 0 aromatic heterocycles. The molecule has 0 atom stereocenters. The number of rotatable bonds is 8. The fourth-order valence-electron chi connectivity index (χ4n) is 3.53. The minimum Gasteiger partial charge on any atom is -0.506 e. The molecule has 0 radical (unpaired) electrons. The second-order valence-corrected chi connectivity index (χ2v) is 9.92. The quantitative estimate of drug-likeness (QED) is 0.586. The number of phenolic OH excluding ortho intramolecular Hbond substituents is 1. The van der Waals surface area contributed by atoms with Crippen molar-refractivity contribution in [2.45, 2.75) is 31.1 Å². The van der Waals surface area contributed by atoms with Gasteiger partial charge in [0.15, 0.2) is 9.84 Å². The van der Waals surface area contributed by atoms with E-state index in [0.29, 0.717) is 32.5 Å². The molecule has 8 nitrogen and oxygen atoms in total. The van der Waals surface area contributed by atoms with E-state index in [2.05, 4.69) is 5.32 Å². The summed E-state index contributed by atoms with van der Waals surface area (Å²) < 4.78 is 29.7. The van der Waals surface area contributed by atoms with Gasteiger partial charge in [-0.25, -0.2) is 8.42 Å². The molecule has 0 saturated carbocycles. The van der Waals surface area contributed by atoms with Crippen LogP contribution in [0.3, 0.4) is 0 Å². The molecular weight excluding hydrogens is 432 g/mol. The van der Waals surface area contributed by atoms with E-state index in [1.165, 1.54) is 25.1 Å². The first-order valence-corrected chi connectivity index (χ1v) is 12.3. The minimum absolute atomic E-state index is 0.0186. The maximum absolute atomic E-state index is 12.7. The van der Waals surface area contributed by atoms with Crippen LogP contribution in [0.2, 0.25) is 0 Å². The van der Waals surface area contributed by atoms with Gasteiger partial charge >= 0.3 is 0 Å². The number of aromatic hydroxyl groups is 1. The Hall–Kier alpha value is -3.07. The Morgan fingerprint density at radius 3 is 2.47 bits per heavy atom. The van der Waals surface area contributed by atoms with Crippen LogP contribution in [0.25, 0.3) is 0 Å². The van der Waals surface area contributed by atoms with E-state index in [-0.39, 0.29) is 46.2 Å². The number of likely N-dealkylation sites (tertiary alicyclic amines) is 1. The van der Waals surface area contributed by atoms with Gasteiger partial charge in [-0.15, -0.1) is 0 Å². The molecule has 1 aliphatic rings. The number of amides is 2. The first-order valence-electron chi connectivity index (χ1n) is 10.6. The zero-order chi connectivity index (χ0) is 23.1. The first kappa shape index (κ1) is 23.6. The van der Waals surface area contributed by atoms with Crippen molar-refractivity contribution in [1.82, 2.24) is 4.90 Å². The van der Waals surface area contributed by atoms with Crippen molar-refractivity contribution in [3.05, 3.63) is 48.5 Å². The number of piperidine rings is 1. The van der Waals surface area contributed by atoms with Crippen molar-refractivity contribution in [1.29, 1.82) is 0 Å². The summed E-state index contributed by atoms with van der Waals surface area (Å²) in [4.78, 5) is 26.9. The highest BCUT2D eigenvalue weighted by molar-refractivity contribution is 7.91. The van der Waals surface area contributed by atoms with Crippen LogP contribution in [0.1, 0.15) is 26.2 Å². The fraction of sp³-hybridized carbons (Fsp3) is 0.391. The fourth-order valence-corrected chi connectivity index (χ4v) is 4.44. The van der Waals surface area contributed by atoms with Crippen molar-refractivity contribution in [3.8, 4) is 11.5 Å². The molecule has 0 unspecified atom stereocenters. The number of sulfone groups is 1. The van der Waals surface area contributed by atoms with Crippen LogP contribution in [-0.2, 0) is 19.4 Å². The molecule has 9 heteroatoms. The van der Waals surface area contributed by atoms with Gasteiger partial charge in [-0.3, -0.25) is 9.59 Å². The Labute approximate surface area is 188 Å². The molecule has 172 valence electrons. The maximum atomic E-state index is 12.7. The van der Waals surface area contributed by atoms with Gasteiger partial charge in [0.05, 0.1) is 29.4 Å². The van der Waals surface area contributed by atoms with Crippen molar-refractivity contribution in [2.75, 3.05) is 30.8 Å². The summed E-state index contributed by atoms with van der Waals surface area (Å²) in [5.41, 5.74) is 0.0705. The smallest absolute Gasteiger partial charge is 0.227 e. The van der Waals surface area contributed by atoms with Crippen LogP contribution in [0.15, 0.2) is 53.4 Å². The number of para-hydroxylation sites is 1. The third-order valence-corrected chi connectivity index (χ3v) is 7.24. The third-order valence-electron chi connectivity index (χ3n) is 5.51. The number of nitrogens with zero attached hydrogens (tertiary/aromatic N) is 1. The highest BCUT2D eigenvalue weighted by atomic mass is 32.2. The number of hydrogen-bond donors (Lipinski definition) is 2. The van der Waals surface area contributed by atoms with Gasteiger partial charge in [0, 0.05) is 19.0 Å². The Morgan fingerprint density at radius 1 is 1.12 bits per heavy atom. The van der Waals surface area contributed by atoms with Crippen LogP contribution in [0.5, 0.6) is 11.5 Å². The Kier molecular flexibility index (Phi) is 7.74. The summed E-state index contributed by atoms with van der Waals surface area (Å²) in [5, 5.41) is 12.7. The van der Waals surface area contributed by atoms with E-state index >= 15 is 0 Å². The van der Waals surface area contributed by atoms with E-state index in [4.69, 9.17) is 4.74 Å². The van der Waals surface area contributed by atoms with Gasteiger partial charge in [-0.2, -0.15) is 0 Å². The van der Waals surface area contributed by atoms with Gasteiger partial charge < -0.3 is 20.1 Å². The van der Waals surface area contributed by atoms with Crippen LogP contribution in [0.4, 0.5) is 5.69 Å². The predicted octanol–water partition coefficient (Wildman–Crippen LogP) is 2.83. The van der Waals surface area contributed by atoms with Crippen LogP contribution < -0.4 is 10.1 Å². The van der Waals surface area contributed by atoms with E-state index in [1.54, 1.807) is 4.90 Å². The highest BCUT2D eigenvalue weighted by Gasteiger charge is 2.28.